The molecule has 0 amide bonds. The van der Waals surface area contributed by atoms with Crippen LogP contribution in [0.15, 0.2) is 23.9 Å². The Kier molecular flexibility index (Phi) is 14.9. The second-order valence-corrected chi connectivity index (χ2v) is 6.56. The van der Waals surface area contributed by atoms with Gasteiger partial charge in [-0.05, 0) is 6.54 Å². The molecule has 0 saturated carbocycles. The Morgan fingerprint density at radius 3 is 2.07 bits per heavy atom. The Balaban J connectivity index is 0.000000752. The van der Waals surface area contributed by atoms with Gasteiger partial charge in [-0.25, -0.2) is 20.8 Å². The molecule has 1 atom stereocenters. The van der Waals surface area contributed by atoms with Crippen molar-refractivity contribution in [1.29, 1.82) is 0 Å². The molecular weight excluding hydrogens is 427 g/mol. The van der Waals surface area contributed by atoms with Crippen molar-refractivity contribution in [3.63, 3.8) is 0 Å². The number of piperidine rings is 1. The van der Waals surface area contributed by atoms with Crippen molar-refractivity contribution >= 4 is 0 Å². The van der Waals surface area contributed by atoms with Crippen molar-refractivity contribution < 1.29 is 48.1 Å². The third-order valence-electron chi connectivity index (χ3n) is 4.48. The van der Waals surface area contributed by atoms with Crippen LogP contribution in [-0.2, 0) is 17.1 Å². The predicted octanol–water partition coefficient (Wildman–Crippen LogP) is 1.44. The molecule has 1 radical (unpaired) electrons. The van der Waals surface area contributed by atoms with Gasteiger partial charge in [0, 0.05) is 49.8 Å². The topological polar surface area (TPSA) is 156 Å². The molecule has 29 heavy (non-hydrogen) atoms. The number of hydrogen-bond acceptors (Lipinski definition) is 4. The van der Waals surface area contributed by atoms with Crippen molar-refractivity contribution in [3.05, 3.63) is 44.4 Å². The Labute approximate surface area is 180 Å². The van der Waals surface area contributed by atoms with Gasteiger partial charge in [-0.15, -0.1) is 30.9 Å². The van der Waals surface area contributed by atoms with E-state index >= 15 is 0 Å². The van der Waals surface area contributed by atoms with Crippen molar-refractivity contribution in [2.45, 2.75) is 25.3 Å². The average molecular weight is 457 g/mol. The van der Waals surface area contributed by atoms with Gasteiger partial charge in [-0.3, -0.25) is 4.90 Å². The zero-order valence-electron chi connectivity index (χ0n) is 16.3. The van der Waals surface area contributed by atoms with Gasteiger partial charge in [0.2, 0.25) is 0 Å². The maximum atomic E-state index is 8.47. The normalized spacial score (nSPS) is 21.7. The minimum absolute atomic E-state index is 0. The van der Waals surface area contributed by atoms with E-state index in [-0.39, 0.29) is 17.1 Å². The molecule has 2 fully saturated rings. The molecule has 3 aliphatic heterocycles. The van der Waals surface area contributed by atoms with E-state index in [1.165, 1.54) is 57.7 Å². The van der Waals surface area contributed by atoms with Crippen LogP contribution in [0.4, 0.5) is 0 Å². The summed E-state index contributed by atoms with van der Waals surface area (Å²) >= 11 is 0. The molecule has 0 aromatic carbocycles. The molecule has 3 aliphatic rings. The fourth-order valence-electron chi connectivity index (χ4n) is 3.23. The van der Waals surface area contributed by atoms with E-state index in [1.54, 1.807) is 0 Å². The molecule has 12 nitrogen and oxygen atoms in total. The van der Waals surface area contributed by atoms with Crippen molar-refractivity contribution in [2.75, 3.05) is 52.4 Å². The largest absolute Gasteiger partial charge is 0.684 e. The SMILES string of the molecule is C1=CC[N-]C(CN2CCN(CC3CCCC[N-]3)CC2)=C1.O=[N+](O)O.O=[N+](O)O.[Mn]. The van der Waals surface area contributed by atoms with Gasteiger partial charge in [0.05, 0.1) is 0 Å². The van der Waals surface area contributed by atoms with Crippen LogP contribution in [-0.4, -0.2) is 99.2 Å². The number of rotatable bonds is 4. The molecule has 4 N–H and O–H groups in total. The first kappa shape index (κ1) is 27.1. The fourth-order valence-corrected chi connectivity index (χ4v) is 3.23. The monoisotopic (exact) mass is 457 g/mol. The average Bonchev–Trinajstić information content (AvgIpc) is 2.64. The summed E-state index contributed by atoms with van der Waals surface area (Å²) in [6.45, 7) is 8.87. The first-order chi connectivity index (χ1) is 13.4. The second-order valence-electron chi connectivity index (χ2n) is 6.56. The molecule has 0 aromatic rings. The van der Waals surface area contributed by atoms with E-state index in [9.17, 15) is 0 Å². The van der Waals surface area contributed by atoms with Crippen LogP contribution in [0.25, 0.3) is 10.6 Å². The molecule has 13 heteroatoms. The van der Waals surface area contributed by atoms with Crippen LogP contribution < -0.4 is 0 Å². The van der Waals surface area contributed by atoms with E-state index in [4.69, 9.17) is 36.0 Å². The summed E-state index contributed by atoms with van der Waals surface area (Å²) in [7, 11) is 0. The Morgan fingerprint density at radius 1 is 1.00 bits per heavy atom. The Hall–Kier alpha value is -1.92. The molecule has 0 aromatic heterocycles. The number of hydrogen-bond donors (Lipinski definition) is 4. The van der Waals surface area contributed by atoms with Crippen LogP contribution in [0.2, 0.25) is 0 Å². The quantitative estimate of drug-likeness (QED) is 0.365. The molecular formula is C16H30MnN6O6. The summed E-state index contributed by atoms with van der Waals surface area (Å²) in [6.07, 6.45) is 10.4. The standard InChI is InChI=1S/C16H26N4.Mn.2H2NO3/c1-3-7-17-15(5-1)13-19-9-11-20(12-10-19)14-16-6-2-4-8-18-16;;2*2-1(3)4/h1,3,5,16H,2,4,6-14H2;;2*(H2,2,3,4)/q-2;;2*+1. The van der Waals surface area contributed by atoms with E-state index in [0.29, 0.717) is 6.04 Å². The predicted molar refractivity (Wildman–Crippen MR) is 98.6 cm³/mol. The summed E-state index contributed by atoms with van der Waals surface area (Å²) in [4.78, 5) is 22.1. The van der Waals surface area contributed by atoms with Crippen LogP contribution in [0.5, 0.6) is 0 Å². The maximum Gasteiger partial charge on any atom is 0.472 e. The molecule has 3 rings (SSSR count). The van der Waals surface area contributed by atoms with Gasteiger partial charge in [0.1, 0.15) is 9.81 Å². The molecule has 0 spiro atoms. The van der Waals surface area contributed by atoms with Gasteiger partial charge < -0.3 is 15.5 Å². The minimum atomic E-state index is -1.25. The maximum absolute atomic E-state index is 8.47. The molecule has 3 heterocycles. The molecule has 1 unspecified atom stereocenters. The summed E-state index contributed by atoms with van der Waals surface area (Å²) in [6, 6.07) is 0.608. The minimum Gasteiger partial charge on any atom is -0.684 e. The summed E-state index contributed by atoms with van der Waals surface area (Å²) < 4.78 is 0. The van der Waals surface area contributed by atoms with Crippen molar-refractivity contribution in [2.24, 2.45) is 0 Å². The smallest absolute Gasteiger partial charge is 0.472 e. The Morgan fingerprint density at radius 2 is 1.59 bits per heavy atom. The third kappa shape index (κ3) is 14.7. The summed E-state index contributed by atoms with van der Waals surface area (Å²) in [5, 5.41) is 34.3. The van der Waals surface area contributed by atoms with Crippen LogP contribution in [0.1, 0.15) is 19.3 Å². The van der Waals surface area contributed by atoms with E-state index < -0.39 is 10.2 Å². The van der Waals surface area contributed by atoms with E-state index in [2.05, 4.69) is 33.3 Å². The van der Waals surface area contributed by atoms with Crippen molar-refractivity contribution in [3.8, 4) is 0 Å². The van der Waals surface area contributed by atoms with Crippen LogP contribution >= 0.6 is 0 Å². The molecule has 2 saturated heterocycles. The summed E-state index contributed by atoms with van der Waals surface area (Å²) in [5.41, 5.74) is 1.24. The molecule has 0 bridgehead atoms. The molecule has 0 aliphatic carbocycles. The first-order valence-corrected chi connectivity index (χ1v) is 9.21. The van der Waals surface area contributed by atoms with Gasteiger partial charge in [-0.2, -0.15) is 0 Å². The van der Waals surface area contributed by atoms with Crippen molar-refractivity contribution in [1.82, 2.24) is 9.80 Å². The number of piperazine rings is 1. The zero-order chi connectivity index (χ0) is 20.8. The van der Waals surface area contributed by atoms with Gasteiger partial charge in [-0.1, -0.05) is 31.4 Å². The number of nitrogens with zero attached hydrogens (tertiary/aromatic N) is 6. The van der Waals surface area contributed by atoms with E-state index in [0.717, 1.165) is 19.6 Å². The zero-order valence-corrected chi connectivity index (χ0v) is 17.4. The van der Waals surface area contributed by atoms with Crippen LogP contribution in [0, 0.1) is 9.81 Å². The van der Waals surface area contributed by atoms with Gasteiger partial charge in [0.25, 0.3) is 0 Å². The Bertz CT molecular complexity index is 516. The van der Waals surface area contributed by atoms with E-state index in [1.807, 2.05) is 0 Å². The van der Waals surface area contributed by atoms with Crippen LogP contribution in [0.3, 0.4) is 0 Å². The van der Waals surface area contributed by atoms with Gasteiger partial charge in [0.15, 0.2) is 0 Å². The molecule has 167 valence electrons. The fraction of sp³-hybridized carbons (Fsp3) is 0.750. The third-order valence-corrected chi connectivity index (χ3v) is 4.48. The first-order valence-electron chi connectivity index (χ1n) is 9.21. The second kappa shape index (κ2) is 15.9. The van der Waals surface area contributed by atoms with Gasteiger partial charge >= 0.3 is 10.2 Å². The summed E-state index contributed by atoms with van der Waals surface area (Å²) in [5.74, 6) is 0. The number of allylic oxidation sites excluding steroid dienone is 2.